The van der Waals surface area contributed by atoms with Crippen molar-refractivity contribution in [2.75, 3.05) is 6.61 Å². The van der Waals surface area contributed by atoms with Gasteiger partial charge < -0.3 is 9.47 Å². The minimum atomic E-state index is -2.89. The fourth-order valence-electron chi connectivity index (χ4n) is 1.67. The van der Waals surface area contributed by atoms with Gasteiger partial charge in [0.1, 0.15) is 5.75 Å². The number of benzene rings is 1. The normalized spacial score (nSPS) is 10.6. The molecule has 0 heterocycles. The standard InChI is InChI=1S/C13H15ClF2O3/c1-3-18-12(17)6-9-4-8(2)11(19-13(15)16)5-10(9)7-14/h4-5,13H,3,6-7H2,1-2H3. The zero-order valence-electron chi connectivity index (χ0n) is 10.7. The van der Waals surface area contributed by atoms with E-state index < -0.39 is 6.61 Å². The molecule has 1 rings (SSSR count). The molecular weight excluding hydrogens is 278 g/mol. The molecule has 0 amide bonds. The Hall–Kier alpha value is -1.36. The summed E-state index contributed by atoms with van der Waals surface area (Å²) in [5.41, 5.74) is 1.76. The van der Waals surface area contributed by atoms with Crippen LogP contribution >= 0.6 is 11.6 Å². The minimum Gasteiger partial charge on any atom is -0.466 e. The molecule has 1 aromatic rings. The molecule has 0 aromatic heterocycles. The minimum absolute atomic E-state index is 0.0612. The second kappa shape index (κ2) is 7.28. The molecule has 106 valence electrons. The molecule has 0 aliphatic rings. The molecule has 0 N–H and O–H groups in total. The molecule has 0 saturated carbocycles. The van der Waals surface area contributed by atoms with E-state index in [4.69, 9.17) is 16.3 Å². The first-order valence-electron chi connectivity index (χ1n) is 5.76. The van der Waals surface area contributed by atoms with Gasteiger partial charge in [-0.3, -0.25) is 4.79 Å². The van der Waals surface area contributed by atoms with E-state index in [2.05, 4.69) is 4.74 Å². The van der Waals surface area contributed by atoms with Crippen LogP contribution in [0.15, 0.2) is 12.1 Å². The van der Waals surface area contributed by atoms with Crippen molar-refractivity contribution < 1.29 is 23.0 Å². The first kappa shape index (κ1) is 15.7. The van der Waals surface area contributed by atoms with Crippen LogP contribution in [0.25, 0.3) is 0 Å². The average Bonchev–Trinajstić information content (AvgIpc) is 2.32. The maximum atomic E-state index is 12.2. The van der Waals surface area contributed by atoms with Crippen molar-refractivity contribution in [3.05, 3.63) is 28.8 Å². The number of esters is 1. The summed E-state index contributed by atoms with van der Waals surface area (Å²) in [6.45, 7) is 0.744. The van der Waals surface area contributed by atoms with Crippen molar-refractivity contribution in [2.45, 2.75) is 32.8 Å². The van der Waals surface area contributed by atoms with Gasteiger partial charge in [0.25, 0.3) is 0 Å². The molecule has 0 atom stereocenters. The van der Waals surface area contributed by atoms with Crippen LogP contribution in [0.1, 0.15) is 23.6 Å². The summed E-state index contributed by atoms with van der Waals surface area (Å²) in [6, 6.07) is 3.05. The molecule has 0 saturated heterocycles. The number of halogens is 3. The molecule has 3 nitrogen and oxygen atoms in total. The fraction of sp³-hybridized carbons (Fsp3) is 0.462. The maximum Gasteiger partial charge on any atom is 0.387 e. The van der Waals surface area contributed by atoms with Gasteiger partial charge in [-0.1, -0.05) is 6.07 Å². The lowest BCUT2D eigenvalue weighted by atomic mass is 10.0. The number of rotatable bonds is 6. The predicted molar refractivity (Wildman–Crippen MR) is 67.7 cm³/mol. The molecule has 19 heavy (non-hydrogen) atoms. The number of carbonyl (C=O) groups excluding carboxylic acids is 1. The first-order valence-corrected chi connectivity index (χ1v) is 6.30. The van der Waals surface area contributed by atoms with Crippen LogP contribution in [0.5, 0.6) is 5.75 Å². The van der Waals surface area contributed by atoms with Crippen LogP contribution in [0.4, 0.5) is 8.78 Å². The van der Waals surface area contributed by atoms with Gasteiger partial charge in [-0.05, 0) is 36.6 Å². The maximum absolute atomic E-state index is 12.2. The van der Waals surface area contributed by atoms with Crippen molar-refractivity contribution in [3.63, 3.8) is 0 Å². The van der Waals surface area contributed by atoms with Gasteiger partial charge >= 0.3 is 12.6 Å². The molecule has 0 unspecified atom stereocenters. The Balaban J connectivity index is 2.99. The third-order valence-corrected chi connectivity index (χ3v) is 2.79. The van der Waals surface area contributed by atoms with E-state index in [-0.39, 0.29) is 24.0 Å². The Labute approximate surface area is 115 Å². The van der Waals surface area contributed by atoms with Gasteiger partial charge in [-0.2, -0.15) is 8.78 Å². The second-order valence-electron chi connectivity index (χ2n) is 3.88. The second-order valence-corrected chi connectivity index (χ2v) is 4.15. The van der Waals surface area contributed by atoms with E-state index in [1.54, 1.807) is 19.9 Å². The highest BCUT2D eigenvalue weighted by molar-refractivity contribution is 6.17. The highest BCUT2D eigenvalue weighted by Crippen LogP contribution is 2.26. The Morgan fingerprint density at radius 2 is 2.05 bits per heavy atom. The Bertz CT molecular complexity index is 450. The van der Waals surface area contributed by atoms with Crippen LogP contribution < -0.4 is 4.74 Å². The zero-order chi connectivity index (χ0) is 14.4. The van der Waals surface area contributed by atoms with Crippen LogP contribution in [0, 0.1) is 6.92 Å². The van der Waals surface area contributed by atoms with Gasteiger partial charge in [-0.15, -0.1) is 11.6 Å². The van der Waals surface area contributed by atoms with E-state index in [1.807, 2.05) is 0 Å². The SMILES string of the molecule is CCOC(=O)Cc1cc(C)c(OC(F)F)cc1CCl. The molecule has 0 radical (unpaired) electrons. The molecule has 0 aliphatic carbocycles. The molecule has 0 bridgehead atoms. The van der Waals surface area contributed by atoms with Gasteiger partial charge in [0.05, 0.1) is 13.0 Å². The number of hydrogen-bond acceptors (Lipinski definition) is 3. The lowest BCUT2D eigenvalue weighted by Crippen LogP contribution is -2.10. The van der Waals surface area contributed by atoms with Gasteiger partial charge in [0, 0.05) is 5.88 Å². The molecule has 1 aromatic carbocycles. The summed E-state index contributed by atoms with van der Waals surface area (Å²) < 4.78 is 33.7. The number of carbonyl (C=O) groups is 1. The third-order valence-electron chi connectivity index (χ3n) is 2.50. The van der Waals surface area contributed by atoms with Crippen LogP contribution in [0.3, 0.4) is 0 Å². The number of hydrogen-bond donors (Lipinski definition) is 0. The summed E-state index contributed by atoms with van der Waals surface area (Å²) >= 11 is 5.76. The first-order chi connectivity index (χ1) is 8.97. The van der Waals surface area contributed by atoms with Crippen LogP contribution in [-0.4, -0.2) is 19.2 Å². The largest absolute Gasteiger partial charge is 0.466 e. The monoisotopic (exact) mass is 292 g/mol. The fourth-order valence-corrected chi connectivity index (χ4v) is 1.92. The van der Waals surface area contributed by atoms with Crippen molar-refractivity contribution in [2.24, 2.45) is 0 Å². The van der Waals surface area contributed by atoms with Crippen LogP contribution in [0.2, 0.25) is 0 Å². The summed E-state index contributed by atoms with van der Waals surface area (Å²) in [4.78, 5) is 11.4. The summed E-state index contributed by atoms with van der Waals surface area (Å²) in [5.74, 6) is -0.205. The smallest absolute Gasteiger partial charge is 0.387 e. The predicted octanol–water partition coefficient (Wildman–Crippen LogP) is 3.44. The third kappa shape index (κ3) is 4.67. The average molecular weight is 293 g/mol. The van der Waals surface area contributed by atoms with E-state index in [1.165, 1.54) is 6.07 Å². The Morgan fingerprint density at radius 3 is 2.58 bits per heavy atom. The highest BCUT2D eigenvalue weighted by atomic mass is 35.5. The summed E-state index contributed by atoms with van der Waals surface area (Å²) in [6.07, 6.45) is 0.0612. The number of alkyl halides is 3. The lowest BCUT2D eigenvalue weighted by Gasteiger charge is -2.13. The van der Waals surface area contributed by atoms with E-state index in [9.17, 15) is 13.6 Å². The van der Waals surface area contributed by atoms with Crippen molar-refractivity contribution in [3.8, 4) is 5.75 Å². The topological polar surface area (TPSA) is 35.5 Å². The van der Waals surface area contributed by atoms with Gasteiger partial charge in [0.2, 0.25) is 0 Å². The van der Waals surface area contributed by atoms with E-state index in [0.717, 1.165) is 0 Å². The van der Waals surface area contributed by atoms with Crippen molar-refractivity contribution in [1.82, 2.24) is 0 Å². The molecule has 0 spiro atoms. The van der Waals surface area contributed by atoms with Crippen molar-refractivity contribution >= 4 is 17.6 Å². The quantitative estimate of drug-likeness (QED) is 0.595. The zero-order valence-corrected chi connectivity index (χ0v) is 11.5. The van der Waals surface area contributed by atoms with Gasteiger partial charge in [0.15, 0.2) is 0 Å². The van der Waals surface area contributed by atoms with Crippen LogP contribution in [-0.2, 0) is 21.8 Å². The summed E-state index contributed by atoms with van der Waals surface area (Å²) in [7, 11) is 0. The summed E-state index contributed by atoms with van der Waals surface area (Å²) in [5, 5.41) is 0. The molecular formula is C13H15ClF2O3. The van der Waals surface area contributed by atoms with Gasteiger partial charge in [-0.25, -0.2) is 0 Å². The Kier molecular flexibility index (Phi) is 6.02. The molecule has 0 fully saturated rings. The number of aryl methyl sites for hydroxylation is 1. The van der Waals surface area contributed by atoms with Crippen molar-refractivity contribution in [1.29, 1.82) is 0 Å². The molecule has 6 heteroatoms. The highest BCUT2D eigenvalue weighted by Gasteiger charge is 2.14. The number of ether oxygens (including phenoxy) is 2. The van der Waals surface area contributed by atoms with E-state index >= 15 is 0 Å². The lowest BCUT2D eigenvalue weighted by molar-refractivity contribution is -0.142. The molecule has 0 aliphatic heterocycles. The Morgan fingerprint density at radius 1 is 1.37 bits per heavy atom. The van der Waals surface area contributed by atoms with E-state index in [0.29, 0.717) is 23.3 Å².